The monoisotopic (exact) mass is 282 g/mol. The van der Waals surface area contributed by atoms with E-state index in [9.17, 15) is 9.90 Å². The summed E-state index contributed by atoms with van der Waals surface area (Å²) < 4.78 is 0. The topological polar surface area (TPSA) is 52.6 Å². The summed E-state index contributed by atoms with van der Waals surface area (Å²) in [6.07, 6.45) is 2.14. The average Bonchev–Trinajstić information content (AvgIpc) is 2.92. The number of carbonyl (C=O) groups is 1. The summed E-state index contributed by atoms with van der Waals surface area (Å²) in [6.45, 7) is 4.46. The van der Waals surface area contributed by atoms with Gasteiger partial charge in [-0.15, -0.1) is 11.3 Å². The zero-order valence-electron chi connectivity index (χ0n) is 11.3. The van der Waals surface area contributed by atoms with E-state index in [0.717, 1.165) is 25.9 Å². The molecular formula is C14H22N2O2S. The number of aliphatic hydroxyl groups excluding tert-OH is 1. The summed E-state index contributed by atoms with van der Waals surface area (Å²) in [6, 6.07) is 4.11. The summed E-state index contributed by atoms with van der Waals surface area (Å²) in [7, 11) is 0. The maximum atomic E-state index is 12.0. The van der Waals surface area contributed by atoms with Crippen molar-refractivity contribution in [1.82, 2.24) is 10.2 Å². The molecule has 0 spiro atoms. The van der Waals surface area contributed by atoms with Crippen molar-refractivity contribution in [3.8, 4) is 0 Å². The van der Waals surface area contributed by atoms with Crippen LogP contribution < -0.4 is 5.32 Å². The van der Waals surface area contributed by atoms with Gasteiger partial charge in [-0.3, -0.25) is 9.69 Å². The SMILES string of the molecule is C[C@@H](NC(=O)CN1CCC[C@@H](CO)C1)c1cccs1. The molecule has 2 heterocycles. The standard InChI is InChI=1S/C14H22N2O2S/c1-11(13-5-3-7-19-13)15-14(18)9-16-6-2-4-12(8-16)10-17/h3,5,7,11-12,17H,2,4,6,8-10H2,1H3,(H,15,18)/t11-,12-/m1/s1. The fraction of sp³-hybridized carbons (Fsp3) is 0.643. The van der Waals surface area contributed by atoms with E-state index in [1.807, 2.05) is 24.4 Å². The molecule has 19 heavy (non-hydrogen) atoms. The maximum Gasteiger partial charge on any atom is 0.234 e. The van der Waals surface area contributed by atoms with E-state index in [4.69, 9.17) is 0 Å². The van der Waals surface area contributed by atoms with Crippen molar-refractivity contribution in [1.29, 1.82) is 0 Å². The van der Waals surface area contributed by atoms with Crippen LogP contribution in [0.4, 0.5) is 0 Å². The Morgan fingerprint density at radius 2 is 2.53 bits per heavy atom. The second-order valence-corrected chi connectivity index (χ2v) is 6.21. The minimum Gasteiger partial charge on any atom is -0.396 e. The molecule has 0 aliphatic carbocycles. The lowest BCUT2D eigenvalue weighted by atomic mass is 9.99. The van der Waals surface area contributed by atoms with Crippen molar-refractivity contribution in [3.63, 3.8) is 0 Å². The van der Waals surface area contributed by atoms with Crippen LogP contribution in [-0.4, -0.2) is 42.2 Å². The molecule has 1 amide bonds. The molecule has 0 bridgehead atoms. The average molecular weight is 282 g/mol. The van der Waals surface area contributed by atoms with Gasteiger partial charge in [0.15, 0.2) is 0 Å². The van der Waals surface area contributed by atoms with Gasteiger partial charge in [0.05, 0.1) is 12.6 Å². The van der Waals surface area contributed by atoms with Crippen molar-refractivity contribution < 1.29 is 9.90 Å². The first kappa shape index (κ1) is 14.5. The van der Waals surface area contributed by atoms with Crippen molar-refractivity contribution in [3.05, 3.63) is 22.4 Å². The molecule has 1 saturated heterocycles. The summed E-state index contributed by atoms with van der Waals surface area (Å²) in [4.78, 5) is 15.3. The number of amides is 1. The van der Waals surface area contributed by atoms with E-state index in [1.165, 1.54) is 4.88 Å². The van der Waals surface area contributed by atoms with E-state index in [2.05, 4.69) is 10.2 Å². The zero-order valence-corrected chi connectivity index (χ0v) is 12.2. The Morgan fingerprint density at radius 1 is 1.68 bits per heavy atom. The minimum atomic E-state index is 0.0690. The molecule has 0 saturated carbocycles. The lowest BCUT2D eigenvalue weighted by Gasteiger charge is -2.31. The first-order chi connectivity index (χ1) is 9.19. The second kappa shape index (κ2) is 7.03. The van der Waals surface area contributed by atoms with Gasteiger partial charge in [0.25, 0.3) is 0 Å². The summed E-state index contributed by atoms with van der Waals surface area (Å²) in [5.41, 5.74) is 0. The van der Waals surface area contributed by atoms with Crippen molar-refractivity contribution in [2.24, 2.45) is 5.92 Å². The van der Waals surface area contributed by atoms with Gasteiger partial charge in [-0.25, -0.2) is 0 Å². The molecule has 4 nitrogen and oxygen atoms in total. The Bertz CT molecular complexity index is 394. The molecule has 1 aliphatic rings. The maximum absolute atomic E-state index is 12.0. The van der Waals surface area contributed by atoms with E-state index in [-0.39, 0.29) is 18.6 Å². The van der Waals surface area contributed by atoms with Crippen LogP contribution >= 0.6 is 11.3 Å². The number of hydrogen-bond acceptors (Lipinski definition) is 4. The molecule has 5 heteroatoms. The molecule has 0 radical (unpaired) electrons. The zero-order chi connectivity index (χ0) is 13.7. The highest BCUT2D eigenvalue weighted by atomic mass is 32.1. The Balaban J connectivity index is 1.77. The molecule has 2 N–H and O–H groups in total. The fourth-order valence-electron chi connectivity index (χ4n) is 2.54. The molecule has 0 unspecified atom stereocenters. The summed E-state index contributed by atoms with van der Waals surface area (Å²) >= 11 is 1.66. The van der Waals surface area contributed by atoms with E-state index >= 15 is 0 Å². The Labute approximate surface area is 118 Å². The third kappa shape index (κ3) is 4.30. The number of aliphatic hydroxyl groups is 1. The van der Waals surface area contributed by atoms with Crippen LogP contribution in [0.15, 0.2) is 17.5 Å². The largest absolute Gasteiger partial charge is 0.396 e. The van der Waals surface area contributed by atoms with Crippen LogP contribution in [-0.2, 0) is 4.79 Å². The highest BCUT2D eigenvalue weighted by molar-refractivity contribution is 7.10. The molecule has 2 atom stereocenters. The lowest BCUT2D eigenvalue weighted by molar-refractivity contribution is -0.123. The third-order valence-corrected chi connectivity index (χ3v) is 4.63. The molecular weight excluding hydrogens is 260 g/mol. The van der Waals surface area contributed by atoms with Gasteiger partial charge in [-0.05, 0) is 43.7 Å². The number of likely N-dealkylation sites (tertiary alicyclic amines) is 1. The normalized spacial score (nSPS) is 22.1. The Hall–Kier alpha value is -0.910. The minimum absolute atomic E-state index is 0.0690. The van der Waals surface area contributed by atoms with Gasteiger partial charge in [-0.1, -0.05) is 6.07 Å². The molecule has 1 fully saturated rings. The van der Waals surface area contributed by atoms with Crippen LogP contribution in [0.1, 0.15) is 30.7 Å². The molecule has 0 aromatic carbocycles. The molecule has 2 rings (SSSR count). The molecule has 1 aromatic heterocycles. The van der Waals surface area contributed by atoms with Crippen LogP contribution in [0.3, 0.4) is 0 Å². The van der Waals surface area contributed by atoms with Crippen LogP contribution in [0.2, 0.25) is 0 Å². The first-order valence-electron chi connectivity index (χ1n) is 6.85. The number of carbonyl (C=O) groups excluding carboxylic acids is 1. The lowest BCUT2D eigenvalue weighted by Crippen LogP contribution is -2.43. The predicted octanol–water partition coefficient (Wildman–Crippen LogP) is 1.63. The molecule has 1 aromatic rings. The van der Waals surface area contributed by atoms with Gasteiger partial charge in [-0.2, -0.15) is 0 Å². The number of thiophene rings is 1. The van der Waals surface area contributed by atoms with E-state index in [1.54, 1.807) is 11.3 Å². The van der Waals surface area contributed by atoms with Gasteiger partial charge in [0, 0.05) is 18.0 Å². The van der Waals surface area contributed by atoms with Gasteiger partial charge >= 0.3 is 0 Å². The third-order valence-electron chi connectivity index (χ3n) is 3.58. The number of nitrogens with one attached hydrogen (secondary N) is 1. The quantitative estimate of drug-likeness (QED) is 0.863. The van der Waals surface area contributed by atoms with Gasteiger partial charge < -0.3 is 10.4 Å². The van der Waals surface area contributed by atoms with Gasteiger partial charge in [0.1, 0.15) is 0 Å². The number of piperidine rings is 1. The Morgan fingerprint density at radius 3 is 3.21 bits per heavy atom. The van der Waals surface area contributed by atoms with Crippen LogP contribution in [0.5, 0.6) is 0 Å². The van der Waals surface area contributed by atoms with Crippen molar-refractivity contribution >= 4 is 17.2 Å². The van der Waals surface area contributed by atoms with Crippen LogP contribution in [0, 0.1) is 5.92 Å². The van der Waals surface area contributed by atoms with E-state index in [0.29, 0.717) is 12.5 Å². The van der Waals surface area contributed by atoms with Gasteiger partial charge in [0.2, 0.25) is 5.91 Å². The highest BCUT2D eigenvalue weighted by Gasteiger charge is 2.21. The second-order valence-electron chi connectivity index (χ2n) is 5.23. The number of nitrogens with zero attached hydrogens (tertiary/aromatic N) is 1. The van der Waals surface area contributed by atoms with Crippen molar-refractivity contribution in [2.75, 3.05) is 26.2 Å². The highest BCUT2D eigenvalue weighted by Crippen LogP contribution is 2.18. The Kier molecular flexibility index (Phi) is 5.36. The van der Waals surface area contributed by atoms with Crippen LogP contribution in [0.25, 0.3) is 0 Å². The number of hydrogen-bond donors (Lipinski definition) is 2. The fourth-order valence-corrected chi connectivity index (χ4v) is 3.28. The smallest absolute Gasteiger partial charge is 0.234 e. The molecule has 106 valence electrons. The number of rotatable bonds is 5. The predicted molar refractivity (Wildman–Crippen MR) is 77.1 cm³/mol. The van der Waals surface area contributed by atoms with Crippen molar-refractivity contribution in [2.45, 2.75) is 25.8 Å². The summed E-state index contributed by atoms with van der Waals surface area (Å²) in [5.74, 6) is 0.399. The summed E-state index contributed by atoms with van der Waals surface area (Å²) in [5, 5.41) is 14.2. The molecule has 1 aliphatic heterocycles. The van der Waals surface area contributed by atoms with E-state index < -0.39 is 0 Å². The first-order valence-corrected chi connectivity index (χ1v) is 7.73.